The van der Waals surface area contributed by atoms with Crippen molar-refractivity contribution in [3.05, 3.63) is 34.1 Å². The molecule has 0 aliphatic heterocycles. The van der Waals surface area contributed by atoms with Gasteiger partial charge in [-0.15, -0.1) is 5.10 Å². The van der Waals surface area contributed by atoms with Crippen molar-refractivity contribution in [2.75, 3.05) is 13.2 Å². The van der Waals surface area contributed by atoms with Crippen LogP contribution in [0.1, 0.15) is 32.9 Å². The van der Waals surface area contributed by atoms with Crippen molar-refractivity contribution >= 4 is 14.0 Å². The summed E-state index contributed by atoms with van der Waals surface area (Å²) in [5.74, 6) is -0.603. The Balaban J connectivity index is 2.17. The maximum absolute atomic E-state index is 12.7. The van der Waals surface area contributed by atoms with Crippen LogP contribution in [0.15, 0.2) is 18.3 Å². The molecule has 0 unspecified atom stereocenters. The highest BCUT2D eigenvalue weighted by Crippen LogP contribution is 2.37. The highest BCUT2D eigenvalue weighted by molar-refractivity contribution is 6.74. The van der Waals surface area contributed by atoms with E-state index < -0.39 is 25.7 Å². The second kappa shape index (κ2) is 9.69. The van der Waals surface area contributed by atoms with Crippen molar-refractivity contribution in [1.29, 1.82) is 0 Å². The number of nitrogens with zero attached hydrogens (tertiary/aromatic N) is 4. The number of alkyl halides is 2. The largest absolute Gasteiger partial charge is 0.472 e. The summed E-state index contributed by atoms with van der Waals surface area (Å²) in [4.78, 5) is 14.7. The molecule has 0 atom stereocenters. The van der Waals surface area contributed by atoms with E-state index in [1.165, 1.54) is 25.3 Å². The zero-order valence-electron chi connectivity index (χ0n) is 18.5. The normalized spacial score (nSPS) is 12.3. The quantitative estimate of drug-likeness (QED) is 0.216. The first kappa shape index (κ1) is 24.7. The van der Waals surface area contributed by atoms with Crippen LogP contribution in [0.3, 0.4) is 0 Å². The lowest BCUT2D eigenvalue weighted by atomic mass is 10.2. The lowest BCUT2D eigenvalue weighted by Crippen LogP contribution is -2.41. The molecule has 2 aromatic rings. The molecule has 172 valence electrons. The maximum Gasteiger partial charge on any atom is 0.388 e. The number of halogens is 2. The standard InChI is InChI=1S/C19H28F2N4O5Si/c1-13-15(25(26)27)17(28-11-8-12-29-31(5,6)19(2,3)4)23-24(13)14-9-7-10-22-16(14)30-18(20)21/h7,9-10,18H,8,11-12H2,1-6H3. The van der Waals surface area contributed by atoms with E-state index in [1.807, 2.05) is 0 Å². The molecule has 2 rings (SSSR count). The van der Waals surface area contributed by atoms with Gasteiger partial charge in [0.05, 0.1) is 11.5 Å². The Kier molecular flexibility index (Phi) is 7.71. The number of rotatable bonds is 10. The van der Waals surface area contributed by atoms with Gasteiger partial charge in [0.25, 0.3) is 0 Å². The molecule has 0 bridgehead atoms. The molecule has 0 saturated carbocycles. The van der Waals surface area contributed by atoms with Crippen LogP contribution in [0.2, 0.25) is 18.1 Å². The minimum Gasteiger partial charge on any atom is -0.472 e. The molecule has 0 spiro atoms. The third-order valence-corrected chi connectivity index (χ3v) is 9.75. The summed E-state index contributed by atoms with van der Waals surface area (Å²) in [6.45, 7) is 9.64. The van der Waals surface area contributed by atoms with Crippen molar-refractivity contribution in [2.45, 2.75) is 58.9 Å². The number of aromatic nitrogens is 3. The van der Waals surface area contributed by atoms with E-state index in [1.54, 1.807) is 0 Å². The lowest BCUT2D eigenvalue weighted by Gasteiger charge is -2.36. The van der Waals surface area contributed by atoms with Crippen molar-refractivity contribution < 1.29 is 27.6 Å². The van der Waals surface area contributed by atoms with Gasteiger partial charge >= 0.3 is 18.2 Å². The van der Waals surface area contributed by atoms with Gasteiger partial charge in [0.15, 0.2) is 8.32 Å². The van der Waals surface area contributed by atoms with E-state index in [9.17, 15) is 18.9 Å². The second-order valence-corrected chi connectivity index (χ2v) is 13.2. The molecule has 9 nitrogen and oxygen atoms in total. The zero-order valence-corrected chi connectivity index (χ0v) is 19.5. The van der Waals surface area contributed by atoms with Gasteiger partial charge in [-0.05, 0) is 37.2 Å². The van der Waals surface area contributed by atoms with Crippen molar-refractivity contribution in [3.8, 4) is 17.4 Å². The fraction of sp³-hybridized carbons (Fsp3) is 0.579. The minimum absolute atomic E-state index is 0.0412. The Labute approximate surface area is 180 Å². The summed E-state index contributed by atoms with van der Waals surface area (Å²) in [6, 6.07) is 2.91. The molecule has 12 heteroatoms. The first-order valence-electron chi connectivity index (χ1n) is 9.76. The van der Waals surface area contributed by atoms with Gasteiger partial charge in [0.1, 0.15) is 11.4 Å². The summed E-state index contributed by atoms with van der Waals surface area (Å²) in [6.07, 6.45) is 1.79. The second-order valence-electron chi connectivity index (χ2n) is 8.43. The highest BCUT2D eigenvalue weighted by Gasteiger charge is 2.37. The fourth-order valence-corrected chi connectivity index (χ4v) is 3.59. The predicted octanol–water partition coefficient (Wildman–Crippen LogP) is 4.88. The van der Waals surface area contributed by atoms with Crippen LogP contribution >= 0.6 is 0 Å². The van der Waals surface area contributed by atoms with Gasteiger partial charge in [-0.1, -0.05) is 20.8 Å². The smallest absolute Gasteiger partial charge is 0.388 e. The Hall–Kier alpha value is -2.60. The average Bonchev–Trinajstić information content (AvgIpc) is 2.96. The fourth-order valence-electron chi connectivity index (χ4n) is 2.50. The lowest BCUT2D eigenvalue weighted by molar-refractivity contribution is -0.386. The Morgan fingerprint density at radius 3 is 2.52 bits per heavy atom. The third kappa shape index (κ3) is 5.97. The number of hydrogen-bond acceptors (Lipinski definition) is 7. The summed E-state index contributed by atoms with van der Waals surface area (Å²) in [7, 11) is -1.90. The average molecular weight is 459 g/mol. The molecule has 0 saturated heterocycles. The molecule has 31 heavy (non-hydrogen) atoms. The van der Waals surface area contributed by atoms with E-state index in [4.69, 9.17) is 9.16 Å². The minimum atomic E-state index is -3.10. The van der Waals surface area contributed by atoms with Crippen molar-refractivity contribution in [1.82, 2.24) is 14.8 Å². The van der Waals surface area contributed by atoms with Crippen LogP contribution < -0.4 is 9.47 Å². The topological polar surface area (TPSA) is 102 Å². The van der Waals surface area contributed by atoms with Gasteiger partial charge in [0, 0.05) is 19.2 Å². The first-order chi connectivity index (χ1) is 14.3. The number of nitro groups is 1. The SMILES string of the molecule is Cc1c([N+](=O)[O-])c(OCCCO[Si](C)(C)C(C)(C)C)nn1-c1cccnc1OC(F)F. The Morgan fingerprint density at radius 2 is 1.94 bits per heavy atom. The van der Waals surface area contributed by atoms with E-state index in [0.29, 0.717) is 13.0 Å². The van der Waals surface area contributed by atoms with Gasteiger partial charge in [0.2, 0.25) is 5.88 Å². The van der Waals surface area contributed by atoms with Crippen LogP contribution in [0.25, 0.3) is 5.69 Å². The first-order valence-corrected chi connectivity index (χ1v) is 12.7. The third-order valence-electron chi connectivity index (χ3n) is 5.21. The monoisotopic (exact) mass is 458 g/mol. The molecule has 0 N–H and O–H groups in total. The summed E-state index contributed by atoms with van der Waals surface area (Å²) < 4.78 is 42.5. The van der Waals surface area contributed by atoms with Gasteiger partial charge in [-0.25, -0.2) is 9.67 Å². The molecule has 0 aliphatic rings. The van der Waals surface area contributed by atoms with E-state index in [-0.39, 0.29) is 34.6 Å². The van der Waals surface area contributed by atoms with Crippen LogP contribution in [0, 0.1) is 17.0 Å². The maximum atomic E-state index is 12.7. The molecule has 0 aromatic carbocycles. The van der Waals surface area contributed by atoms with E-state index in [2.05, 4.69) is 48.7 Å². The summed E-state index contributed by atoms with van der Waals surface area (Å²) >= 11 is 0. The molecule has 2 aromatic heterocycles. The van der Waals surface area contributed by atoms with Gasteiger partial charge < -0.3 is 13.9 Å². The molecule has 0 fully saturated rings. The van der Waals surface area contributed by atoms with Crippen LogP contribution in [0.4, 0.5) is 14.5 Å². The molecule has 2 heterocycles. The van der Waals surface area contributed by atoms with Crippen molar-refractivity contribution in [3.63, 3.8) is 0 Å². The molecular formula is C19H28F2N4O5Si. The molecule has 0 aliphatic carbocycles. The molecular weight excluding hydrogens is 430 g/mol. The van der Waals surface area contributed by atoms with Gasteiger partial charge in [-0.3, -0.25) is 10.1 Å². The van der Waals surface area contributed by atoms with Gasteiger partial charge in [-0.2, -0.15) is 8.78 Å². The Bertz CT molecular complexity index is 915. The highest BCUT2D eigenvalue weighted by atomic mass is 28.4. The van der Waals surface area contributed by atoms with Crippen molar-refractivity contribution in [2.24, 2.45) is 0 Å². The zero-order chi connectivity index (χ0) is 23.4. The molecule has 0 radical (unpaired) electrons. The number of ether oxygens (including phenoxy) is 2. The Morgan fingerprint density at radius 1 is 1.26 bits per heavy atom. The van der Waals surface area contributed by atoms with E-state index >= 15 is 0 Å². The summed E-state index contributed by atoms with van der Waals surface area (Å²) in [5, 5.41) is 15.8. The number of hydrogen-bond donors (Lipinski definition) is 0. The van der Waals surface area contributed by atoms with Crippen LogP contribution in [-0.2, 0) is 4.43 Å². The number of pyridine rings is 1. The molecule has 0 amide bonds. The predicted molar refractivity (Wildman–Crippen MR) is 113 cm³/mol. The van der Waals surface area contributed by atoms with Crippen LogP contribution in [0.5, 0.6) is 11.8 Å². The van der Waals surface area contributed by atoms with Crippen LogP contribution in [-0.4, -0.2) is 47.8 Å². The summed E-state index contributed by atoms with van der Waals surface area (Å²) in [5.41, 5.74) is -0.207. The van der Waals surface area contributed by atoms with E-state index in [0.717, 1.165) is 4.68 Å².